The molecule has 156 valence electrons. The number of nitrogens with one attached hydrogen (secondary N) is 1. The summed E-state index contributed by atoms with van der Waals surface area (Å²) in [6.45, 7) is 2.67. The monoisotopic (exact) mass is 424 g/mol. The van der Waals surface area contributed by atoms with Crippen molar-refractivity contribution in [3.63, 3.8) is 0 Å². The van der Waals surface area contributed by atoms with Crippen molar-refractivity contribution in [3.05, 3.63) is 75.2 Å². The van der Waals surface area contributed by atoms with Crippen LogP contribution in [-0.4, -0.2) is 10.5 Å². The summed E-state index contributed by atoms with van der Waals surface area (Å²) in [5.74, 6) is 0.543. The zero-order chi connectivity index (χ0) is 21.1. The van der Waals surface area contributed by atoms with Gasteiger partial charge in [-0.05, 0) is 49.9 Å². The molecule has 0 spiro atoms. The molecule has 5 nitrogen and oxygen atoms in total. The Labute approximate surface area is 180 Å². The van der Waals surface area contributed by atoms with Gasteiger partial charge in [-0.3, -0.25) is 9.59 Å². The molecule has 1 aliphatic carbocycles. The molecule has 0 bridgehead atoms. The number of hydrogen-bond donors (Lipinski definition) is 1. The third-order valence-electron chi connectivity index (χ3n) is 5.79. The minimum atomic E-state index is -0.489. The van der Waals surface area contributed by atoms with E-state index >= 15 is 0 Å². The van der Waals surface area contributed by atoms with Gasteiger partial charge in [-0.25, -0.2) is 0 Å². The summed E-state index contributed by atoms with van der Waals surface area (Å²) >= 11 is 6.20. The Hall–Kier alpha value is -2.79. The zero-order valence-electron chi connectivity index (χ0n) is 17.0. The summed E-state index contributed by atoms with van der Waals surface area (Å²) in [4.78, 5) is 26.2. The van der Waals surface area contributed by atoms with Crippen LogP contribution in [0, 0.1) is 12.8 Å². The number of carbonyl (C=O) groups excluding carboxylic acids is 1. The molecule has 0 unspecified atom stereocenters. The molecule has 3 aromatic rings. The maximum atomic E-state index is 13.2. The quantitative estimate of drug-likeness (QED) is 0.554. The maximum Gasteiger partial charge on any atom is 0.261 e. The standard InChI is InChI=1S/C24H25ClN2O3/c1-16-14-20(28)22(24(29)26-19-11-6-5-10-18(19)25)23(21-12-7-13-30-21)27(16)15-17-8-3-2-4-9-17/h5-7,10-14,17H,2-4,8-9,15H2,1H3,(H,26,29). The Morgan fingerprint density at radius 2 is 1.93 bits per heavy atom. The summed E-state index contributed by atoms with van der Waals surface area (Å²) < 4.78 is 7.73. The number of furan rings is 1. The predicted octanol–water partition coefficient (Wildman–Crippen LogP) is 5.90. The van der Waals surface area contributed by atoms with Crippen molar-refractivity contribution < 1.29 is 9.21 Å². The van der Waals surface area contributed by atoms with E-state index in [2.05, 4.69) is 9.88 Å². The van der Waals surface area contributed by atoms with Crippen LogP contribution in [0.15, 0.2) is 57.9 Å². The normalized spacial score (nSPS) is 14.6. The van der Waals surface area contributed by atoms with Gasteiger partial charge in [0.05, 0.1) is 17.0 Å². The lowest BCUT2D eigenvalue weighted by atomic mass is 9.89. The first kappa shape index (κ1) is 20.5. The lowest BCUT2D eigenvalue weighted by Gasteiger charge is -2.26. The zero-order valence-corrected chi connectivity index (χ0v) is 17.7. The first-order chi connectivity index (χ1) is 14.5. The lowest BCUT2D eigenvalue weighted by Crippen LogP contribution is -2.28. The molecular formula is C24H25ClN2O3. The summed E-state index contributed by atoms with van der Waals surface area (Å²) in [6, 6.07) is 12.1. The molecule has 0 aliphatic heterocycles. The fourth-order valence-electron chi connectivity index (χ4n) is 4.27. The molecule has 2 heterocycles. The van der Waals surface area contributed by atoms with Crippen molar-refractivity contribution >= 4 is 23.2 Å². The van der Waals surface area contributed by atoms with Gasteiger partial charge in [0.2, 0.25) is 0 Å². The van der Waals surface area contributed by atoms with Gasteiger partial charge < -0.3 is 14.3 Å². The molecular weight excluding hydrogens is 400 g/mol. The third kappa shape index (κ3) is 4.21. The van der Waals surface area contributed by atoms with Crippen molar-refractivity contribution in [3.8, 4) is 11.5 Å². The molecule has 6 heteroatoms. The highest BCUT2D eigenvalue weighted by Crippen LogP contribution is 2.30. The second-order valence-corrected chi connectivity index (χ2v) is 8.31. The molecule has 1 amide bonds. The number of amides is 1. The van der Waals surface area contributed by atoms with E-state index in [9.17, 15) is 9.59 Å². The number of aromatic nitrogens is 1. The summed E-state index contributed by atoms with van der Waals surface area (Å²) in [6.07, 6.45) is 7.59. The summed E-state index contributed by atoms with van der Waals surface area (Å²) in [5.41, 5.74) is 1.56. The Morgan fingerprint density at radius 3 is 2.63 bits per heavy atom. The van der Waals surface area contributed by atoms with E-state index < -0.39 is 5.91 Å². The number of hydrogen-bond acceptors (Lipinski definition) is 3. The van der Waals surface area contributed by atoms with E-state index in [0.717, 1.165) is 25.1 Å². The average molecular weight is 425 g/mol. The molecule has 30 heavy (non-hydrogen) atoms. The van der Waals surface area contributed by atoms with Crippen molar-refractivity contribution in [2.45, 2.75) is 45.6 Å². The van der Waals surface area contributed by atoms with E-state index in [-0.39, 0.29) is 11.0 Å². The number of benzene rings is 1. The number of para-hydroxylation sites is 1. The summed E-state index contributed by atoms with van der Waals surface area (Å²) in [7, 11) is 0. The topological polar surface area (TPSA) is 64.2 Å². The largest absolute Gasteiger partial charge is 0.463 e. The molecule has 0 atom stereocenters. The average Bonchev–Trinajstić information content (AvgIpc) is 3.26. The summed E-state index contributed by atoms with van der Waals surface area (Å²) in [5, 5.41) is 3.21. The molecule has 1 N–H and O–H groups in total. The molecule has 4 rings (SSSR count). The van der Waals surface area contributed by atoms with E-state index in [1.54, 1.807) is 42.7 Å². The fourth-order valence-corrected chi connectivity index (χ4v) is 4.45. The molecule has 1 aliphatic rings. The van der Waals surface area contributed by atoms with Gasteiger partial charge in [-0.2, -0.15) is 0 Å². The number of aryl methyl sites for hydroxylation is 1. The van der Waals surface area contributed by atoms with Crippen LogP contribution >= 0.6 is 11.6 Å². The Balaban J connectivity index is 1.81. The van der Waals surface area contributed by atoms with Gasteiger partial charge in [0.15, 0.2) is 11.2 Å². The van der Waals surface area contributed by atoms with Crippen LogP contribution in [0.25, 0.3) is 11.5 Å². The van der Waals surface area contributed by atoms with Crippen molar-refractivity contribution in [2.75, 3.05) is 5.32 Å². The van der Waals surface area contributed by atoms with Crippen molar-refractivity contribution in [2.24, 2.45) is 5.92 Å². The van der Waals surface area contributed by atoms with Crippen LogP contribution < -0.4 is 10.7 Å². The first-order valence-electron chi connectivity index (χ1n) is 10.4. The second kappa shape index (κ2) is 8.92. The van der Waals surface area contributed by atoms with Crippen LogP contribution in [0.3, 0.4) is 0 Å². The Morgan fingerprint density at radius 1 is 1.17 bits per heavy atom. The predicted molar refractivity (Wildman–Crippen MR) is 119 cm³/mol. The molecule has 0 saturated heterocycles. The molecule has 2 aromatic heterocycles. The molecule has 1 fully saturated rings. The highest BCUT2D eigenvalue weighted by Gasteiger charge is 2.25. The van der Waals surface area contributed by atoms with Gasteiger partial charge in [0.25, 0.3) is 5.91 Å². The highest BCUT2D eigenvalue weighted by atomic mass is 35.5. The Bertz CT molecular complexity index is 1100. The minimum absolute atomic E-state index is 0.0753. The fraction of sp³-hybridized carbons (Fsp3) is 0.333. The van der Waals surface area contributed by atoms with Crippen molar-refractivity contribution in [1.82, 2.24) is 4.57 Å². The second-order valence-electron chi connectivity index (χ2n) is 7.90. The van der Waals surface area contributed by atoms with Crippen LogP contribution in [0.4, 0.5) is 5.69 Å². The molecule has 1 aromatic carbocycles. The SMILES string of the molecule is Cc1cc(=O)c(C(=O)Nc2ccccc2Cl)c(-c2ccco2)n1CC1CCCCC1. The number of carbonyl (C=O) groups is 1. The van der Waals surface area contributed by atoms with Crippen molar-refractivity contribution in [1.29, 1.82) is 0 Å². The van der Waals surface area contributed by atoms with Crippen LogP contribution in [0.1, 0.15) is 48.2 Å². The van der Waals surface area contributed by atoms with Gasteiger partial charge >= 0.3 is 0 Å². The number of nitrogens with zero attached hydrogens (tertiary/aromatic N) is 1. The van der Waals surface area contributed by atoms with Crippen LogP contribution in [-0.2, 0) is 6.54 Å². The van der Waals surface area contributed by atoms with Crippen LogP contribution in [0.2, 0.25) is 5.02 Å². The minimum Gasteiger partial charge on any atom is -0.463 e. The van der Waals surface area contributed by atoms with Gasteiger partial charge in [0.1, 0.15) is 11.3 Å². The smallest absolute Gasteiger partial charge is 0.261 e. The number of halogens is 1. The number of rotatable bonds is 5. The van der Waals surface area contributed by atoms with E-state index in [4.69, 9.17) is 16.0 Å². The molecule has 1 saturated carbocycles. The number of anilines is 1. The van der Waals surface area contributed by atoms with E-state index in [1.807, 2.05) is 6.92 Å². The third-order valence-corrected chi connectivity index (χ3v) is 6.12. The van der Waals surface area contributed by atoms with Crippen LogP contribution in [0.5, 0.6) is 0 Å². The maximum absolute atomic E-state index is 13.2. The van der Waals surface area contributed by atoms with Gasteiger partial charge in [0, 0.05) is 18.3 Å². The van der Waals surface area contributed by atoms with E-state index in [1.165, 1.54) is 25.3 Å². The molecule has 0 radical (unpaired) electrons. The first-order valence-corrected chi connectivity index (χ1v) is 10.8. The van der Waals surface area contributed by atoms with Gasteiger partial charge in [-0.1, -0.05) is 43.0 Å². The lowest BCUT2D eigenvalue weighted by molar-refractivity contribution is 0.102. The highest BCUT2D eigenvalue weighted by molar-refractivity contribution is 6.34. The van der Waals surface area contributed by atoms with Gasteiger partial charge in [-0.15, -0.1) is 0 Å². The Kier molecular flexibility index (Phi) is 6.09. The van der Waals surface area contributed by atoms with E-state index in [0.29, 0.717) is 28.1 Å². The number of pyridine rings is 1.